The second-order valence-corrected chi connectivity index (χ2v) is 12.5. The van der Waals surface area contributed by atoms with Crippen molar-refractivity contribution in [3.8, 4) is 11.6 Å². The molecule has 0 atom stereocenters. The zero-order chi connectivity index (χ0) is 30.9. The van der Waals surface area contributed by atoms with Crippen LogP contribution < -0.4 is 26.0 Å². The van der Waals surface area contributed by atoms with Crippen molar-refractivity contribution < 1.29 is 13.9 Å². The zero-order valence-corrected chi connectivity index (χ0v) is 25.2. The molecule has 1 amide bonds. The van der Waals surface area contributed by atoms with Gasteiger partial charge in [0.15, 0.2) is 0 Å². The number of imidazole rings is 1. The van der Waals surface area contributed by atoms with Gasteiger partial charge in [-0.2, -0.15) is 4.98 Å². The molecule has 2 aromatic heterocycles. The molecule has 0 unspecified atom stereocenters. The van der Waals surface area contributed by atoms with Crippen LogP contribution in [0.25, 0.3) is 16.9 Å². The van der Waals surface area contributed by atoms with E-state index in [0.717, 1.165) is 42.8 Å². The number of aromatic nitrogens is 4. The van der Waals surface area contributed by atoms with Crippen LogP contribution in [-0.2, 0) is 17.8 Å². The molecule has 12 heteroatoms. The molecule has 1 aliphatic carbocycles. The number of methoxy groups -OCH3 is 1. The van der Waals surface area contributed by atoms with Gasteiger partial charge < -0.3 is 20.3 Å². The number of benzene rings is 2. The normalized spacial score (nSPS) is 18.7. The molecule has 1 saturated carbocycles. The second-order valence-electron chi connectivity index (χ2n) is 12.5. The van der Waals surface area contributed by atoms with Crippen LogP contribution >= 0.6 is 0 Å². The summed E-state index contributed by atoms with van der Waals surface area (Å²) in [6, 6.07) is 8.96. The summed E-state index contributed by atoms with van der Waals surface area (Å²) in [4.78, 5) is 40.1. The fourth-order valence-electron chi connectivity index (χ4n) is 7.61. The number of carbonyl (C=O) groups is 1. The average Bonchev–Trinajstić information content (AvgIpc) is 3.70. The fourth-order valence-corrected chi connectivity index (χ4v) is 7.61. The lowest BCUT2D eigenvalue weighted by molar-refractivity contribution is -0.111. The van der Waals surface area contributed by atoms with E-state index in [1.54, 1.807) is 23.9 Å². The Kier molecular flexibility index (Phi) is 6.45. The SMILES string of the molecule is C=CC(=O)Nc1cc(Nc2nccc(-n3c(=O)n4c5c(cc(F)cc53)CCC4)n2)c(OC)cc1N1CC2(CCCN2C2CC2)C1. The lowest BCUT2D eigenvalue weighted by atomic mass is 9.86. The number of carbonyl (C=O) groups excluding carboxylic acids is 1. The van der Waals surface area contributed by atoms with E-state index in [1.807, 2.05) is 12.1 Å². The Balaban J connectivity index is 1.13. The van der Waals surface area contributed by atoms with Gasteiger partial charge in [-0.15, -0.1) is 0 Å². The topological polar surface area (TPSA) is 110 Å². The van der Waals surface area contributed by atoms with Crippen LogP contribution in [0.1, 0.15) is 37.7 Å². The molecular weight excluding hydrogens is 575 g/mol. The Morgan fingerprint density at radius 3 is 2.78 bits per heavy atom. The minimum Gasteiger partial charge on any atom is -0.494 e. The van der Waals surface area contributed by atoms with E-state index in [0.29, 0.717) is 47.5 Å². The van der Waals surface area contributed by atoms with Crippen molar-refractivity contribution >= 4 is 40.0 Å². The number of likely N-dealkylation sites (tertiary alicyclic amines) is 1. The number of nitrogens with zero attached hydrogens (tertiary/aromatic N) is 6. The highest BCUT2D eigenvalue weighted by molar-refractivity contribution is 6.02. The highest BCUT2D eigenvalue weighted by atomic mass is 19.1. The standard InChI is InChI=1S/C33H35FN8O3/c1-3-29(43)36-23-16-24(27(45-2)17-25(23)39-18-33(19-39)10-5-13-41(33)22-7-8-22)37-31-35-11-9-28(38-31)42-26-15-21(34)14-20-6-4-12-40(30(20)26)32(42)44/h3,9,11,14-17,22H,1,4-8,10,12-13,18-19H2,2H3,(H,36,43)(H,35,37,38). The van der Waals surface area contributed by atoms with E-state index in [4.69, 9.17) is 4.74 Å². The number of halogens is 1. The summed E-state index contributed by atoms with van der Waals surface area (Å²) in [6.07, 6.45) is 9.26. The number of anilines is 4. The Morgan fingerprint density at radius 1 is 1.16 bits per heavy atom. The number of hydrogen-bond donors (Lipinski definition) is 2. The van der Waals surface area contributed by atoms with Gasteiger partial charge in [0, 0.05) is 50.1 Å². The molecule has 2 N–H and O–H groups in total. The first-order valence-corrected chi connectivity index (χ1v) is 15.6. The first-order valence-electron chi connectivity index (χ1n) is 15.6. The fraction of sp³-hybridized carbons (Fsp3) is 0.394. The summed E-state index contributed by atoms with van der Waals surface area (Å²) >= 11 is 0. The van der Waals surface area contributed by atoms with Crippen molar-refractivity contribution in [2.75, 3.05) is 42.3 Å². The minimum absolute atomic E-state index is 0.198. The summed E-state index contributed by atoms with van der Waals surface area (Å²) in [6.45, 7) is 7.14. The van der Waals surface area contributed by atoms with Crippen LogP contribution in [0.4, 0.5) is 27.4 Å². The van der Waals surface area contributed by atoms with Gasteiger partial charge in [0.1, 0.15) is 17.4 Å². The molecule has 4 aliphatic rings. The molecule has 0 bridgehead atoms. The molecule has 1 spiro atoms. The molecule has 8 rings (SSSR count). The maximum absolute atomic E-state index is 14.6. The van der Waals surface area contributed by atoms with Crippen molar-refractivity contribution in [3.05, 3.63) is 71.0 Å². The average molecular weight is 611 g/mol. The smallest absolute Gasteiger partial charge is 0.334 e. The molecule has 2 saturated heterocycles. The molecule has 5 heterocycles. The van der Waals surface area contributed by atoms with Crippen molar-refractivity contribution in [2.45, 2.75) is 56.7 Å². The number of ether oxygens (including phenoxy) is 1. The number of hydrogen-bond acceptors (Lipinski definition) is 8. The first-order chi connectivity index (χ1) is 21.9. The molecule has 45 heavy (non-hydrogen) atoms. The summed E-state index contributed by atoms with van der Waals surface area (Å²) in [7, 11) is 1.59. The third-order valence-electron chi connectivity index (χ3n) is 9.72. The molecule has 2 aromatic carbocycles. The zero-order valence-electron chi connectivity index (χ0n) is 25.2. The van der Waals surface area contributed by atoms with Gasteiger partial charge in [0.2, 0.25) is 11.9 Å². The summed E-state index contributed by atoms with van der Waals surface area (Å²) in [5, 5.41) is 6.19. The predicted octanol–water partition coefficient (Wildman–Crippen LogP) is 4.36. The second kappa shape index (κ2) is 10.4. The predicted molar refractivity (Wildman–Crippen MR) is 170 cm³/mol. The van der Waals surface area contributed by atoms with Crippen molar-refractivity contribution in [2.24, 2.45) is 0 Å². The van der Waals surface area contributed by atoms with E-state index in [2.05, 4.69) is 37.0 Å². The van der Waals surface area contributed by atoms with E-state index in [-0.39, 0.29) is 23.1 Å². The minimum atomic E-state index is -0.391. The third kappa shape index (κ3) is 4.57. The van der Waals surface area contributed by atoms with Crippen LogP contribution in [0, 0.1) is 5.82 Å². The van der Waals surface area contributed by atoms with E-state index < -0.39 is 5.82 Å². The number of amides is 1. The van der Waals surface area contributed by atoms with Gasteiger partial charge in [0.05, 0.1) is 40.7 Å². The number of aryl methyl sites for hydroxylation is 2. The van der Waals surface area contributed by atoms with Crippen molar-refractivity contribution in [1.82, 2.24) is 24.0 Å². The van der Waals surface area contributed by atoms with Crippen LogP contribution in [0.15, 0.2) is 54.0 Å². The summed E-state index contributed by atoms with van der Waals surface area (Å²) < 4.78 is 23.5. The Morgan fingerprint density at radius 2 is 2.00 bits per heavy atom. The van der Waals surface area contributed by atoms with Gasteiger partial charge in [-0.25, -0.2) is 18.7 Å². The lowest BCUT2D eigenvalue weighted by Crippen LogP contribution is -2.68. The summed E-state index contributed by atoms with van der Waals surface area (Å²) in [5.74, 6) is 0.373. The monoisotopic (exact) mass is 610 g/mol. The highest BCUT2D eigenvalue weighted by Crippen LogP contribution is 2.48. The quantitative estimate of drug-likeness (QED) is 0.284. The van der Waals surface area contributed by atoms with Gasteiger partial charge >= 0.3 is 5.69 Å². The van der Waals surface area contributed by atoms with Crippen molar-refractivity contribution in [1.29, 1.82) is 0 Å². The first kappa shape index (κ1) is 27.8. The Labute approximate surface area is 259 Å². The van der Waals surface area contributed by atoms with Gasteiger partial charge in [-0.05, 0) is 68.8 Å². The third-order valence-corrected chi connectivity index (χ3v) is 9.72. The molecule has 0 radical (unpaired) electrons. The Hall–Kier alpha value is -4.71. The van der Waals surface area contributed by atoms with Gasteiger partial charge in [0.25, 0.3) is 0 Å². The van der Waals surface area contributed by atoms with Crippen LogP contribution in [0.3, 0.4) is 0 Å². The molecule has 232 valence electrons. The summed E-state index contributed by atoms with van der Waals surface area (Å²) in [5.41, 5.74) is 3.99. The van der Waals surface area contributed by atoms with Crippen LogP contribution in [-0.4, -0.2) is 68.2 Å². The number of rotatable bonds is 8. The molecule has 11 nitrogen and oxygen atoms in total. The maximum Gasteiger partial charge on any atom is 0.334 e. The van der Waals surface area contributed by atoms with Gasteiger partial charge in [-0.3, -0.25) is 14.3 Å². The lowest BCUT2D eigenvalue weighted by Gasteiger charge is -2.54. The van der Waals surface area contributed by atoms with Crippen molar-refractivity contribution in [3.63, 3.8) is 0 Å². The van der Waals surface area contributed by atoms with Crippen LogP contribution in [0.5, 0.6) is 5.75 Å². The van der Waals surface area contributed by atoms with Gasteiger partial charge in [-0.1, -0.05) is 6.58 Å². The molecule has 3 fully saturated rings. The van der Waals surface area contributed by atoms with Crippen LogP contribution in [0.2, 0.25) is 0 Å². The van der Waals surface area contributed by atoms with E-state index in [1.165, 1.54) is 48.5 Å². The number of nitrogens with one attached hydrogen (secondary N) is 2. The van der Waals surface area contributed by atoms with E-state index in [9.17, 15) is 14.0 Å². The Bertz CT molecular complexity index is 1920. The molecule has 3 aliphatic heterocycles. The maximum atomic E-state index is 14.6. The molecule has 4 aromatic rings. The largest absolute Gasteiger partial charge is 0.494 e. The van der Waals surface area contributed by atoms with E-state index >= 15 is 0 Å². The molecular formula is C33H35FN8O3. The highest BCUT2D eigenvalue weighted by Gasteiger charge is 2.54.